The molecule has 0 aromatic heterocycles. The number of rotatable bonds is 4. The van der Waals surface area contributed by atoms with Gasteiger partial charge in [0.05, 0.1) is 11.6 Å². The average molecular weight is 227 g/mol. The quantitative estimate of drug-likeness (QED) is 0.727. The van der Waals surface area contributed by atoms with Gasteiger partial charge in [0.2, 0.25) is 0 Å². The van der Waals surface area contributed by atoms with Crippen LogP contribution in [0.15, 0.2) is 18.2 Å². The Labute approximate surface area is 105 Å². The van der Waals surface area contributed by atoms with Crippen LogP contribution in [-0.4, -0.2) is 0 Å². The zero-order valence-electron chi connectivity index (χ0n) is 11.3. The summed E-state index contributed by atoms with van der Waals surface area (Å²) in [6.45, 7) is 8.40. The molecule has 0 aliphatic rings. The van der Waals surface area contributed by atoms with E-state index in [9.17, 15) is 0 Å². The van der Waals surface area contributed by atoms with Crippen LogP contribution in [0.5, 0.6) is 0 Å². The summed E-state index contributed by atoms with van der Waals surface area (Å²) in [6.07, 6.45) is 5.62. The van der Waals surface area contributed by atoms with Crippen molar-refractivity contribution in [2.24, 2.45) is 0 Å². The summed E-state index contributed by atoms with van der Waals surface area (Å²) in [4.78, 5) is 0. The lowest BCUT2D eigenvalue weighted by atomic mass is 9.93. The van der Waals surface area contributed by atoms with Crippen molar-refractivity contribution < 1.29 is 0 Å². The molecule has 0 aliphatic heterocycles. The first-order chi connectivity index (χ1) is 8.13. The van der Waals surface area contributed by atoms with Gasteiger partial charge in [-0.25, -0.2) is 0 Å². The van der Waals surface area contributed by atoms with Gasteiger partial charge in [-0.15, -0.1) is 0 Å². The van der Waals surface area contributed by atoms with E-state index in [0.717, 1.165) is 36.0 Å². The molecule has 1 rings (SSSR count). The highest BCUT2D eigenvalue weighted by molar-refractivity contribution is 5.68. The highest BCUT2D eigenvalue weighted by Crippen LogP contribution is 2.25. The zero-order chi connectivity index (χ0) is 12.8. The number of nitriles is 1. The van der Waals surface area contributed by atoms with Gasteiger partial charge in [0, 0.05) is 0 Å². The molecule has 0 saturated heterocycles. The molecule has 0 fully saturated rings. The van der Waals surface area contributed by atoms with Crippen LogP contribution < -0.4 is 0 Å². The first kappa shape index (κ1) is 13.5. The molecule has 0 N–H and O–H groups in total. The van der Waals surface area contributed by atoms with Crippen LogP contribution >= 0.6 is 0 Å². The van der Waals surface area contributed by atoms with Gasteiger partial charge < -0.3 is 0 Å². The van der Waals surface area contributed by atoms with Crippen LogP contribution in [0.4, 0.5) is 0 Å². The first-order valence-electron chi connectivity index (χ1n) is 6.34. The van der Waals surface area contributed by atoms with Gasteiger partial charge >= 0.3 is 0 Å². The Balaban J connectivity index is 3.23. The lowest BCUT2D eigenvalue weighted by Crippen LogP contribution is -1.93. The van der Waals surface area contributed by atoms with Crippen LogP contribution in [0.1, 0.15) is 55.4 Å². The molecule has 0 atom stereocenters. The van der Waals surface area contributed by atoms with Crippen LogP contribution in [-0.2, 0) is 0 Å². The topological polar surface area (TPSA) is 23.8 Å². The molecule has 0 aliphatic carbocycles. The van der Waals surface area contributed by atoms with Crippen molar-refractivity contribution in [3.63, 3.8) is 0 Å². The summed E-state index contributed by atoms with van der Waals surface area (Å²) in [5.41, 5.74) is 5.68. The predicted molar refractivity (Wildman–Crippen MR) is 73.8 cm³/mol. The monoisotopic (exact) mass is 227 g/mol. The summed E-state index contributed by atoms with van der Waals surface area (Å²) in [7, 11) is 0. The molecular weight excluding hydrogens is 206 g/mol. The lowest BCUT2D eigenvalue weighted by Gasteiger charge is -2.11. The summed E-state index contributed by atoms with van der Waals surface area (Å²) in [6, 6.07) is 6.56. The zero-order valence-corrected chi connectivity index (χ0v) is 11.3. The minimum atomic E-state index is 0.820. The van der Waals surface area contributed by atoms with E-state index in [2.05, 4.69) is 38.1 Å². The molecule has 0 amide bonds. The molecule has 0 heterocycles. The third-order valence-electron chi connectivity index (χ3n) is 2.99. The summed E-state index contributed by atoms with van der Waals surface area (Å²) < 4.78 is 0. The second kappa shape index (κ2) is 6.25. The Morgan fingerprint density at radius 2 is 1.82 bits per heavy atom. The maximum atomic E-state index is 9.07. The third kappa shape index (κ3) is 3.20. The maximum absolute atomic E-state index is 9.07. The second-order valence-electron chi connectivity index (χ2n) is 4.48. The molecule has 1 aromatic carbocycles. The van der Waals surface area contributed by atoms with Crippen LogP contribution in [0.3, 0.4) is 0 Å². The number of hydrogen-bond acceptors (Lipinski definition) is 1. The van der Waals surface area contributed by atoms with Crippen molar-refractivity contribution in [2.45, 2.75) is 47.0 Å². The summed E-state index contributed by atoms with van der Waals surface area (Å²) >= 11 is 0. The Bertz CT molecular complexity index is 438. The molecule has 0 unspecified atom stereocenters. The fourth-order valence-corrected chi connectivity index (χ4v) is 2.21. The lowest BCUT2D eigenvalue weighted by molar-refractivity contribution is 0.966. The largest absolute Gasteiger partial charge is 0.192 e. The predicted octanol–water partition coefficient (Wildman–Crippen LogP) is 4.77. The van der Waals surface area contributed by atoms with Gasteiger partial charge in [0.1, 0.15) is 0 Å². The van der Waals surface area contributed by atoms with Crippen molar-refractivity contribution in [3.8, 4) is 6.07 Å². The average Bonchev–Trinajstić information content (AvgIpc) is 2.28. The minimum Gasteiger partial charge on any atom is -0.192 e. The summed E-state index contributed by atoms with van der Waals surface area (Å²) in [5, 5.41) is 9.07. The van der Waals surface area contributed by atoms with Crippen molar-refractivity contribution in [1.29, 1.82) is 5.26 Å². The maximum Gasteiger partial charge on any atom is 0.0997 e. The molecule has 0 saturated carbocycles. The van der Waals surface area contributed by atoms with E-state index in [0.29, 0.717) is 0 Å². The molecule has 17 heavy (non-hydrogen) atoms. The van der Waals surface area contributed by atoms with Crippen molar-refractivity contribution >= 4 is 5.57 Å². The molecule has 0 bridgehead atoms. The Morgan fingerprint density at radius 1 is 1.24 bits per heavy atom. The molecule has 1 heteroatoms. The van der Waals surface area contributed by atoms with Crippen molar-refractivity contribution in [3.05, 3.63) is 40.5 Å². The SMILES string of the molecule is CC/C=C(\CCC)c1cc(C)c(C#N)c(C)c1. The fourth-order valence-electron chi connectivity index (χ4n) is 2.21. The summed E-state index contributed by atoms with van der Waals surface area (Å²) in [5.74, 6) is 0. The third-order valence-corrected chi connectivity index (χ3v) is 2.99. The molecule has 0 spiro atoms. The van der Waals surface area contributed by atoms with E-state index in [1.165, 1.54) is 11.1 Å². The Kier molecular flexibility index (Phi) is 4.97. The number of nitrogens with zero attached hydrogens (tertiary/aromatic N) is 1. The van der Waals surface area contributed by atoms with Gasteiger partial charge in [-0.2, -0.15) is 5.26 Å². The van der Waals surface area contributed by atoms with Crippen LogP contribution in [0.25, 0.3) is 5.57 Å². The highest BCUT2D eigenvalue weighted by Gasteiger charge is 2.07. The number of aryl methyl sites for hydroxylation is 2. The van der Waals surface area contributed by atoms with Crippen LogP contribution in [0.2, 0.25) is 0 Å². The second-order valence-corrected chi connectivity index (χ2v) is 4.48. The number of benzene rings is 1. The Hall–Kier alpha value is -1.55. The molecule has 90 valence electrons. The number of hydrogen-bond donors (Lipinski definition) is 0. The Morgan fingerprint density at radius 3 is 2.24 bits per heavy atom. The van der Waals surface area contributed by atoms with Crippen molar-refractivity contribution in [1.82, 2.24) is 0 Å². The van der Waals surface area contributed by atoms with Gasteiger partial charge in [0.15, 0.2) is 0 Å². The van der Waals surface area contributed by atoms with Gasteiger partial charge in [0.25, 0.3) is 0 Å². The molecular formula is C16H21N. The van der Waals surface area contributed by atoms with E-state index in [-0.39, 0.29) is 0 Å². The minimum absolute atomic E-state index is 0.820. The standard InChI is InChI=1S/C16H21N/c1-5-7-14(8-6-2)15-9-12(3)16(11-17)13(4)10-15/h7,9-10H,5-6,8H2,1-4H3/b14-7+. The normalized spacial score (nSPS) is 11.4. The van der Waals surface area contributed by atoms with E-state index >= 15 is 0 Å². The van der Waals surface area contributed by atoms with E-state index in [1.807, 2.05) is 13.8 Å². The fraction of sp³-hybridized carbons (Fsp3) is 0.438. The highest BCUT2D eigenvalue weighted by atomic mass is 14.2. The van der Waals surface area contributed by atoms with Gasteiger partial charge in [-0.05, 0) is 49.0 Å². The van der Waals surface area contributed by atoms with Gasteiger partial charge in [-0.3, -0.25) is 0 Å². The molecule has 0 radical (unpaired) electrons. The van der Waals surface area contributed by atoms with Crippen LogP contribution in [0, 0.1) is 25.2 Å². The molecule has 1 nitrogen and oxygen atoms in total. The van der Waals surface area contributed by atoms with E-state index in [1.54, 1.807) is 0 Å². The molecule has 1 aromatic rings. The van der Waals surface area contributed by atoms with Gasteiger partial charge in [-0.1, -0.05) is 38.5 Å². The number of allylic oxidation sites excluding steroid dienone is 2. The smallest absolute Gasteiger partial charge is 0.0997 e. The van der Waals surface area contributed by atoms with Crippen molar-refractivity contribution in [2.75, 3.05) is 0 Å². The first-order valence-corrected chi connectivity index (χ1v) is 6.34. The van der Waals surface area contributed by atoms with E-state index < -0.39 is 0 Å². The van der Waals surface area contributed by atoms with E-state index in [4.69, 9.17) is 5.26 Å².